The molecule has 6 heteroatoms. The van der Waals surface area contributed by atoms with Gasteiger partial charge in [0.15, 0.2) is 12.0 Å². The van der Waals surface area contributed by atoms with Gasteiger partial charge in [0.05, 0.1) is 15.7 Å². The number of Topliss-reactive ketones (excluding diaryl/α,β-unsaturated/α-hetero) is 1. The van der Waals surface area contributed by atoms with Crippen LogP contribution in [-0.4, -0.2) is 18.0 Å². The van der Waals surface area contributed by atoms with Crippen molar-refractivity contribution in [3.63, 3.8) is 0 Å². The number of hydrogen-bond donors (Lipinski definition) is 0. The molecule has 0 spiro atoms. The lowest BCUT2D eigenvalue weighted by Gasteiger charge is -2.13. The summed E-state index contributed by atoms with van der Waals surface area (Å²) >= 11 is 3.21. The minimum atomic E-state index is -0.700. The normalized spacial score (nSPS) is 13.8. The summed E-state index contributed by atoms with van der Waals surface area (Å²) in [7, 11) is 0. The quantitative estimate of drug-likeness (QED) is 0.630. The van der Waals surface area contributed by atoms with Gasteiger partial charge in [-0.3, -0.25) is 14.4 Å². The van der Waals surface area contributed by atoms with Crippen LogP contribution in [0.25, 0.3) is 0 Å². The van der Waals surface area contributed by atoms with Crippen LogP contribution in [0.4, 0.5) is 11.6 Å². The minimum absolute atomic E-state index is 0.0755. The van der Waals surface area contributed by atoms with E-state index >= 15 is 0 Å². The molecule has 0 aliphatic carbocycles. The number of benzene rings is 1. The van der Waals surface area contributed by atoms with Gasteiger partial charge in [-0.1, -0.05) is 12.1 Å². The van der Waals surface area contributed by atoms with Crippen LogP contribution in [-0.2, 0) is 4.79 Å². The molecule has 1 aromatic carbocycles. The largest absolute Gasteiger partial charge is 0.436 e. The molecule has 1 aliphatic heterocycles. The predicted octanol–water partition coefficient (Wildman–Crippen LogP) is 2.72. The summed E-state index contributed by atoms with van der Waals surface area (Å²) in [4.78, 5) is 35.7. The fourth-order valence-corrected chi connectivity index (χ4v) is 2.46. The van der Waals surface area contributed by atoms with Gasteiger partial charge in [-0.2, -0.15) is 0 Å². The molecule has 1 amide bonds. The number of carbonyl (C=O) groups excluding carboxylic acids is 3. The third kappa shape index (κ3) is 1.64. The highest BCUT2D eigenvalue weighted by Gasteiger charge is 2.39. The molecule has 1 aliphatic rings. The van der Waals surface area contributed by atoms with E-state index in [0.29, 0.717) is 22.0 Å². The Hall–Kier alpha value is -2.21. The molecule has 5 nitrogen and oxygen atoms in total. The summed E-state index contributed by atoms with van der Waals surface area (Å²) in [6, 6.07) is 8.07. The van der Waals surface area contributed by atoms with E-state index < -0.39 is 11.7 Å². The highest BCUT2D eigenvalue weighted by atomic mass is 79.9. The Morgan fingerprint density at radius 2 is 1.95 bits per heavy atom. The van der Waals surface area contributed by atoms with Crippen molar-refractivity contribution >= 4 is 45.5 Å². The van der Waals surface area contributed by atoms with Gasteiger partial charge in [-0.05, 0) is 28.1 Å². The van der Waals surface area contributed by atoms with Crippen LogP contribution in [0.1, 0.15) is 20.9 Å². The van der Waals surface area contributed by atoms with Gasteiger partial charge in [-0.25, -0.2) is 4.90 Å². The summed E-state index contributed by atoms with van der Waals surface area (Å²) in [5.41, 5.74) is 0.772. The molecule has 0 unspecified atom stereocenters. The number of carbonyl (C=O) groups is 3. The number of anilines is 2. The van der Waals surface area contributed by atoms with Gasteiger partial charge in [0.1, 0.15) is 0 Å². The zero-order chi connectivity index (χ0) is 13.6. The maximum atomic E-state index is 12.0. The van der Waals surface area contributed by atoms with E-state index in [2.05, 4.69) is 15.9 Å². The van der Waals surface area contributed by atoms with Crippen molar-refractivity contribution in [2.75, 3.05) is 4.90 Å². The van der Waals surface area contributed by atoms with Crippen LogP contribution < -0.4 is 4.90 Å². The van der Waals surface area contributed by atoms with Crippen molar-refractivity contribution in [3.8, 4) is 0 Å². The van der Waals surface area contributed by atoms with Crippen LogP contribution in [0.15, 0.2) is 39.2 Å². The summed E-state index contributed by atoms with van der Waals surface area (Å²) in [6.07, 6.45) is 0.530. The molecule has 2 heterocycles. The van der Waals surface area contributed by atoms with Crippen LogP contribution in [0, 0.1) is 0 Å². The summed E-state index contributed by atoms with van der Waals surface area (Å²) in [6.45, 7) is 0. The van der Waals surface area contributed by atoms with E-state index in [1.807, 2.05) is 0 Å². The topological polar surface area (TPSA) is 67.6 Å². The lowest BCUT2D eigenvalue weighted by molar-refractivity contribution is -0.113. The Morgan fingerprint density at radius 1 is 1.21 bits per heavy atom. The number of para-hydroxylation sites is 1. The van der Waals surface area contributed by atoms with Gasteiger partial charge >= 0.3 is 5.91 Å². The smallest absolute Gasteiger partial charge is 0.306 e. The number of furan rings is 1. The van der Waals surface area contributed by atoms with Crippen molar-refractivity contribution in [2.24, 2.45) is 0 Å². The molecule has 3 rings (SSSR count). The maximum Gasteiger partial charge on any atom is 0.306 e. The van der Waals surface area contributed by atoms with Crippen LogP contribution in [0.5, 0.6) is 0 Å². The van der Waals surface area contributed by atoms with Crippen molar-refractivity contribution in [1.82, 2.24) is 0 Å². The first-order chi connectivity index (χ1) is 9.13. The molecule has 2 aromatic rings. The van der Waals surface area contributed by atoms with Gasteiger partial charge in [0, 0.05) is 6.07 Å². The Labute approximate surface area is 115 Å². The van der Waals surface area contributed by atoms with Crippen LogP contribution in [0.2, 0.25) is 0 Å². The Kier molecular flexibility index (Phi) is 2.60. The second kappa shape index (κ2) is 4.17. The Balaban J connectivity index is 2.20. The van der Waals surface area contributed by atoms with Crippen molar-refractivity contribution in [2.45, 2.75) is 0 Å². The van der Waals surface area contributed by atoms with Gasteiger partial charge in [0.25, 0.3) is 5.78 Å². The van der Waals surface area contributed by atoms with Crippen LogP contribution in [0.3, 0.4) is 0 Å². The third-order valence-corrected chi connectivity index (χ3v) is 3.36. The van der Waals surface area contributed by atoms with E-state index in [-0.39, 0.29) is 11.6 Å². The Bertz CT molecular complexity index is 719. The number of aldehydes is 1. The Morgan fingerprint density at radius 3 is 2.63 bits per heavy atom. The second-order valence-corrected chi connectivity index (χ2v) is 4.76. The molecule has 0 bridgehead atoms. The first-order valence-corrected chi connectivity index (χ1v) is 6.15. The zero-order valence-corrected chi connectivity index (χ0v) is 11.0. The highest BCUT2D eigenvalue weighted by Crippen LogP contribution is 2.40. The summed E-state index contributed by atoms with van der Waals surface area (Å²) < 4.78 is 5.70. The monoisotopic (exact) mass is 319 g/mol. The maximum absolute atomic E-state index is 12.0. The minimum Gasteiger partial charge on any atom is -0.436 e. The second-order valence-electron chi connectivity index (χ2n) is 3.91. The molecular formula is C13H6BrNO4. The summed E-state index contributed by atoms with van der Waals surface area (Å²) in [5, 5.41) is 0. The van der Waals surface area contributed by atoms with Gasteiger partial charge in [-0.15, -0.1) is 0 Å². The number of amides is 1. The number of hydrogen-bond acceptors (Lipinski definition) is 4. The molecule has 0 atom stereocenters. The molecule has 0 fully saturated rings. The van der Waals surface area contributed by atoms with E-state index in [1.54, 1.807) is 24.3 Å². The average molecular weight is 320 g/mol. The number of ketones is 1. The fraction of sp³-hybridized carbons (Fsp3) is 0. The predicted molar refractivity (Wildman–Crippen MR) is 69.7 cm³/mol. The number of nitrogens with zero attached hydrogens (tertiary/aromatic N) is 1. The number of rotatable bonds is 2. The molecule has 0 N–H and O–H groups in total. The van der Waals surface area contributed by atoms with Crippen LogP contribution >= 0.6 is 15.9 Å². The summed E-state index contributed by atoms with van der Waals surface area (Å²) in [5.74, 6) is -1.09. The standard InChI is InChI=1S/C13H6BrNO4/c14-9-5-7(6-16)19-13(9)15-10-4-2-1-3-8(10)11(17)12(15)18/h1-6H. The SMILES string of the molecule is O=Cc1cc(Br)c(N2C(=O)C(=O)c3ccccc32)o1. The number of halogens is 1. The van der Waals surface area contributed by atoms with E-state index in [9.17, 15) is 14.4 Å². The van der Waals surface area contributed by atoms with Gasteiger partial charge < -0.3 is 4.42 Å². The molecular weight excluding hydrogens is 314 g/mol. The number of fused-ring (bicyclic) bond motifs is 1. The van der Waals surface area contributed by atoms with E-state index in [1.165, 1.54) is 6.07 Å². The third-order valence-electron chi connectivity index (χ3n) is 2.79. The van der Waals surface area contributed by atoms with Crippen molar-refractivity contribution in [3.05, 3.63) is 46.1 Å². The van der Waals surface area contributed by atoms with E-state index in [0.717, 1.165) is 4.90 Å². The molecule has 1 aromatic heterocycles. The van der Waals surface area contributed by atoms with Crippen molar-refractivity contribution in [1.29, 1.82) is 0 Å². The molecule has 94 valence electrons. The average Bonchev–Trinajstić information content (AvgIpc) is 2.90. The molecule has 19 heavy (non-hydrogen) atoms. The lowest BCUT2D eigenvalue weighted by atomic mass is 10.1. The first kappa shape index (κ1) is 11.9. The lowest BCUT2D eigenvalue weighted by Crippen LogP contribution is -2.24. The van der Waals surface area contributed by atoms with E-state index in [4.69, 9.17) is 4.42 Å². The molecule has 0 radical (unpaired) electrons. The highest BCUT2D eigenvalue weighted by molar-refractivity contribution is 9.10. The zero-order valence-electron chi connectivity index (χ0n) is 9.42. The first-order valence-electron chi connectivity index (χ1n) is 5.36. The van der Waals surface area contributed by atoms with Gasteiger partial charge in [0.2, 0.25) is 5.88 Å². The molecule has 0 saturated heterocycles. The molecule has 0 saturated carbocycles. The van der Waals surface area contributed by atoms with Crippen molar-refractivity contribution < 1.29 is 18.8 Å². The fourth-order valence-electron chi connectivity index (χ4n) is 1.98.